The van der Waals surface area contributed by atoms with Crippen molar-refractivity contribution in [3.63, 3.8) is 0 Å². The fourth-order valence-electron chi connectivity index (χ4n) is 2.21. The lowest BCUT2D eigenvalue weighted by atomic mass is 10.3. The van der Waals surface area contributed by atoms with Crippen LogP contribution in [0.4, 0.5) is 0 Å². The van der Waals surface area contributed by atoms with Crippen LogP contribution in [0.3, 0.4) is 0 Å². The first-order chi connectivity index (χ1) is 10.8. The van der Waals surface area contributed by atoms with E-state index in [2.05, 4.69) is 56.8 Å². The lowest BCUT2D eigenvalue weighted by Gasteiger charge is -2.00. The van der Waals surface area contributed by atoms with E-state index in [0.29, 0.717) is 0 Å². The Labute approximate surface area is 132 Å². The number of unbranched alkanes of at least 4 members (excludes halogenated alkanes) is 1. The molecule has 114 valence electrons. The Bertz CT molecular complexity index is 532. The molecule has 0 aromatic carbocycles. The summed E-state index contributed by atoms with van der Waals surface area (Å²) in [5.41, 5.74) is 2.12. The van der Waals surface area contributed by atoms with Gasteiger partial charge in [0, 0.05) is 25.0 Å². The van der Waals surface area contributed by atoms with Gasteiger partial charge in [0.2, 0.25) is 0 Å². The van der Waals surface area contributed by atoms with E-state index in [1.807, 2.05) is 24.8 Å². The van der Waals surface area contributed by atoms with Gasteiger partial charge in [-0.3, -0.25) is 0 Å². The first kappa shape index (κ1) is 16.0. The molecule has 0 atom stereocenters. The van der Waals surface area contributed by atoms with Crippen LogP contribution in [0.15, 0.2) is 62.5 Å². The van der Waals surface area contributed by atoms with Crippen LogP contribution in [0.1, 0.15) is 24.2 Å². The van der Waals surface area contributed by atoms with Crippen LogP contribution >= 0.6 is 0 Å². The van der Waals surface area contributed by atoms with Crippen LogP contribution in [0, 0.1) is 0 Å². The lowest BCUT2D eigenvalue weighted by Crippen LogP contribution is -2.36. The maximum atomic E-state index is 4.40. The molecule has 0 N–H and O–H groups in total. The van der Waals surface area contributed by atoms with Gasteiger partial charge in [-0.1, -0.05) is 22.1 Å². The van der Waals surface area contributed by atoms with Gasteiger partial charge >= 0.3 is 0 Å². The van der Waals surface area contributed by atoms with Gasteiger partial charge in [-0.05, 0) is 12.8 Å². The van der Waals surface area contributed by atoms with Crippen molar-refractivity contribution in [1.82, 2.24) is 9.97 Å². The predicted molar refractivity (Wildman–Crippen MR) is 85.9 cm³/mol. The molecule has 0 aliphatic carbocycles. The minimum Gasteiger partial charge on any atom is -0.237 e. The maximum Gasteiger partial charge on any atom is 0.286 e. The number of nitrogens with zero attached hydrogens (tertiary/aromatic N) is 4. The SMILES string of the molecule is C=CCc1cc[n+](CCCC[n+]2ccc(CC=C)nc2)cn1. The quantitative estimate of drug-likeness (QED) is 0.403. The maximum absolute atomic E-state index is 4.40. The smallest absolute Gasteiger partial charge is 0.237 e. The van der Waals surface area contributed by atoms with Gasteiger partial charge < -0.3 is 0 Å². The van der Waals surface area contributed by atoms with E-state index in [0.717, 1.165) is 50.2 Å². The van der Waals surface area contributed by atoms with Crippen LogP contribution in [0.2, 0.25) is 0 Å². The largest absolute Gasteiger partial charge is 0.286 e. The first-order valence-electron chi connectivity index (χ1n) is 7.71. The minimum atomic E-state index is 0.826. The highest BCUT2D eigenvalue weighted by atomic mass is 15.0. The Morgan fingerprint density at radius 2 is 1.27 bits per heavy atom. The van der Waals surface area contributed by atoms with Gasteiger partial charge in [0.25, 0.3) is 12.7 Å². The first-order valence-corrected chi connectivity index (χ1v) is 7.71. The van der Waals surface area contributed by atoms with Crippen LogP contribution in [0.5, 0.6) is 0 Å². The molecule has 2 aromatic rings. The number of rotatable bonds is 9. The second-order valence-electron chi connectivity index (χ2n) is 5.27. The molecule has 0 saturated heterocycles. The van der Waals surface area contributed by atoms with Gasteiger partial charge in [0.05, 0.1) is 25.5 Å². The number of aryl methyl sites for hydroxylation is 2. The third-order valence-electron chi connectivity index (χ3n) is 3.45. The summed E-state index contributed by atoms with van der Waals surface area (Å²) in [6.45, 7) is 9.43. The molecule has 0 radical (unpaired) electrons. The molecule has 4 heteroatoms. The summed E-state index contributed by atoms with van der Waals surface area (Å²) in [7, 11) is 0. The molecule has 0 aliphatic rings. The van der Waals surface area contributed by atoms with Crippen molar-refractivity contribution in [3.05, 3.63) is 73.9 Å². The van der Waals surface area contributed by atoms with Gasteiger partial charge in [-0.2, -0.15) is 0 Å². The van der Waals surface area contributed by atoms with Crippen molar-refractivity contribution in [2.75, 3.05) is 0 Å². The Hall–Kier alpha value is -2.36. The molecular weight excluding hydrogens is 272 g/mol. The fourth-order valence-corrected chi connectivity index (χ4v) is 2.21. The molecule has 22 heavy (non-hydrogen) atoms. The Balaban J connectivity index is 1.72. The molecule has 0 unspecified atom stereocenters. The van der Waals surface area contributed by atoms with Crippen LogP contribution in [-0.4, -0.2) is 9.97 Å². The van der Waals surface area contributed by atoms with Crippen molar-refractivity contribution in [1.29, 1.82) is 0 Å². The molecule has 0 bridgehead atoms. The third-order valence-corrected chi connectivity index (χ3v) is 3.45. The van der Waals surface area contributed by atoms with Crippen molar-refractivity contribution >= 4 is 0 Å². The summed E-state index contributed by atoms with van der Waals surface area (Å²) in [6.07, 6.45) is 15.6. The van der Waals surface area contributed by atoms with Crippen molar-refractivity contribution < 1.29 is 9.13 Å². The molecule has 0 aliphatic heterocycles. The van der Waals surface area contributed by atoms with Gasteiger partial charge in [0.15, 0.2) is 11.4 Å². The molecule has 0 amide bonds. The van der Waals surface area contributed by atoms with Gasteiger partial charge in [-0.25, -0.2) is 9.13 Å². The Morgan fingerprint density at radius 1 is 0.818 bits per heavy atom. The molecule has 4 nitrogen and oxygen atoms in total. The second-order valence-corrected chi connectivity index (χ2v) is 5.27. The van der Waals surface area contributed by atoms with E-state index < -0.39 is 0 Å². The van der Waals surface area contributed by atoms with Crippen LogP contribution in [-0.2, 0) is 25.9 Å². The predicted octanol–water partition coefficient (Wildman–Crippen LogP) is 1.99. The topological polar surface area (TPSA) is 33.5 Å². The highest BCUT2D eigenvalue weighted by molar-refractivity contribution is 5.00. The van der Waals surface area contributed by atoms with E-state index in [1.54, 1.807) is 0 Å². The summed E-state index contributed by atoms with van der Waals surface area (Å²) < 4.78 is 4.26. The average molecular weight is 296 g/mol. The normalized spacial score (nSPS) is 10.4. The third kappa shape index (κ3) is 5.20. The number of hydrogen-bond donors (Lipinski definition) is 0. The fraction of sp³-hybridized carbons (Fsp3) is 0.333. The summed E-state index contributed by atoms with van der Waals surface area (Å²) in [6, 6.07) is 4.11. The number of hydrogen-bond acceptors (Lipinski definition) is 2. The summed E-state index contributed by atoms with van der Waals surface area (Å²) >= 11 is 0. The van der Waals surface area contributed by atoms with Gasteiger partial charge in [-0.15, -0.1) is 13.2 Å². The van der Waals surface area contributed by atoms with E-state index in [-0.39, 0.29) is 0 Å². The zero-order valence-corrected chi connectivity index (χ0v) is 13.1. The summed E-state index contributed by atoms with van der Waals surface area (Å²) in [5.74, 6) is 0. The second kappa shape index (κ2) is 8.82. The Morgan fingerprint density at radius 3 is 1.59 bits per heavy atom. The standard InChI is InChI=1S/C18H24N4/c1-3-7-17-9-13-21(15-19-17)11-5-6-12-22-14-10-18(8-4-2)20-16-22/h3-4,9-10,13-16H,1-2,5-8,11-12H2/q+2. The van der Waals surface area contributed by atoms with E-state index in [4.69, 9.17) is 0 Å². The highest BCUT2D eigenvalue weighted by Gasteiger charge is 2.04. The summed E-state index contributed by atoms with van der Waals surface area (Å²) in [4.78, 5) is 8.80. The summed E-state index contributed by atoms with van der Waals surface area (Å²) in [5, 5.41) is 0. The zero-order valence-electron chi connectivity index (χ0n) is 13.1. The van der Waals surface area contributed by atoms with Crippen molar-refractivity contribution in [3.8, 4) is 0 Å². The molecule has 0 saturated carbocycles. The molecule has 0 fully saturated rings. The lowest BCUT2D eigenvalue weighted by molar-refractivity contribution is -0.711. The number of allylic oxidation sites excluding steroid dienone is 2. The monoisotopic (exact) mass is 296 g/mol. The molecule has 2 rings (SSSR count). The molecule has 2 aromatic heterocycles. The average Bonchev–Trinajstić information content (AvgIpc) is 2.55. The van der Waals surface area contributed by atoms with Crippen molar-refractivity contribution in [2.45, 2.75) is 38.8 Å². The molecular formula is C18H24N4+2. The molecule has 2 heterocycles. The van der Waals surface area contributed by atoms with Crippen molar-refractivity contribution in [2.24, 2.45) is 0 Å². The van der Waals surface area contributed by atoms with Gasteiger partial charge in [0.1, 0.15) is 0 Å². The number of aromatic nitrogens is 4. The van der Waals surface area contributed by atoms with E-state index >= 15 is 0 Å². The highest BCUT2D eigenvalue weighted by Crippen LogP contribution is 1.95. The zero-order chi connectivity index (χ0) is 15.6. The van der Waals surface area contributed by atoms with E-state index in [9.17, 15) is 0 Å². The Kier molecular flexibility index (Phi) is 6.42. The minimum absolute atomic E-state index is 0.826. The van der Waals surface area contributed by atoms with E-state index in [1.165, 1.54) is 0 Å². The van der Waals surface area contributed by atoms with Crippen LogP contribution in [0.25, 0.3) is 0 Å². The molecule has 0 spiro atoms. The van der Waals surface area contributed by atoms with Crippen LogP contribution < -0.4 is 9.13 Å².